The maximum absolute atomic E-state index is 13.9. The number of rotatable bonds is 4. The summed E-state index contributed by atoms with van der Waals surface area (Å²) in [7, 11) is 0. The highest BCUT2D eigenvalue weighted by molar-refractivity contribution is 5.63. The van der Waals surface area contributed by atoms with Gasteiger partial charge in [0.2, 0.25) is 0 Å². The lowest BCUT2D eigenvalue weighted by Crippen LogP contribution is -1.99. The molecule has 1 fully saturated rings. The van der Waals surface area contributed by atoms with Gasteiger partial charge in [-0.2, -0.15) is 5.10 Å². The van der Waals surface area contributed by atoms with Crippen LogP contribution in [0, 0.1) is 17.6 Å². The van der Waals surface area contributed by atoms with Crippen LogP contribution in [-0.4, -0.2) is 14.9 Å². The summed E-state index contributed by atoms with van der Waals surface area (Å²) in [4.78, 5) is 0. The number of hydrogen-bond donors (Lipinski definition) is 1. The van der Waals surface area contributed by atoms with Crippen molar-refractivity contribution in [1.29, 1.82) is 0 Å². The molecule has 1 N–H and O–H groups in total. The summed E-state index contributed by atoms with van der Waals surface area (Å²) in [5.41, 5.74) is 0.699. The highest BCUT2D eigenvalue weighted by atomic mass is 19.2. The summed E-state index contributed by atoms with van der Waals surface area (Å²) in [5, 5.41) is 13.1. The van der Waals surface area contributed by atoms with E-state index in [1.54, 1.807) is 17.1 Å². The van der Waals surface area contributed by atoms with Crippen molar-refractivity contribution in [2.45, 2.75) is 26.0 Å². The SMILES string of the molecule is OCc1ccc(-c2cnn(CC3CC3)c2)c(F)c1F. The molecule has 0 spiro atoms. The minimum absolute atomic E-state index is 0.0355. The summed E-state index contributed by atoms with van der Waals surface area (Å²) in [6.45, 7) is 0.322. The van der Waals surface area contributed by atoms with E-state index in [4.69, 9.17) is 5.11 Å². The Morgan fingerprint density at radius 2 is 2.05 bits per heavy atom. The van der Waals surface area contributed by atoms with Crippen LogP contribution >= 0.6 is 0 Å². The molecule has 100 valence electrons. The molecule has 2 aromatic rings. The van der Waals surface area contributed by atoms with Gasteiger partial charge in [-0.25, -0.2) is 8.78 Å². The molecule has 1 aliphatic rings. The van der Waals surface area contributed by atoms with Gasteiger partial charge in [0.05, 0.1) is 12.8 Å². The molecule has 0 unspecified atom stereocenters. The minimum atomic E-state index is -0.991. The van der Waals surface area contributed by atoms with E-state index in [-0.39, 0.29) is 11.1 Å². The zero-order valence-electron chi connectivity index (χ0n) is 10.3. The third-order valence-electron chi connectivity index (χ3n) is 3.42. The largest absolute Gasteiger partial charge is 0.392 e. The smallest absolute Gasteiger partial charge is 0.167 e. The maximum atomic E-state index is 13.9. The average molecular weight is 264 g/mol. The Bertz CT molecular complexity index is 605. The Morgan fingerprint density at radius 1 is 1.26 bits per heavy atom. The maximum Gasteiger partial charge on any atom is 0.167 e. The molecular weight excluding hydrogens is 250 g/mol. The Labute approximate surface area is 109 Å². The van der Waals surface area contributed by atoms with Gasteiger partial charge < -0.3 is 5.11 Å². The molecule has 0 atom stereocenters. The van der Waals surface area contributed by atoms with Crippen LogP contribution in [0.15, 0.2) is 24.5 Å². The fraction of sp³-hybridized carbons (Fsp3) is 0.357. The number of halogens is 2. The minimum Gasteiger partial charge on any atom is -0.392 e. The molecular formula is C14H14F2N2O. The van der Waals surface area contributed by atoms with E-state index >= 15 is 0 Å². The second-order valence-electron chi connectivity index (χ2n) is 4.95. The van der Waals surface area contributed by atoms with Gasteiger partial charge in [0.15, 0.2) is 11.6 Å². The predicted octanol–water partition coefficient (Wildman–Crippen LogP) is 2.73. The molecule has 5 heteroatoms. The van der Waals surface area contributed by atoms with Gasteiger partial charge in [0.25, 0.3) is 0 Å². The lowest BCUT2D eigenvalue weighted by atomic mass is 10.1. The average Bonchev–Trinajstić information content (AvgIpc) is 3.10. The fourth-order valence-electron chi connectivity index (χ4n) is 2.10. The number of nitrogens with zero attached hydrogens (tertiary/aromatic N) is 2. The molecule has 19 heavy (non-hydrogen) atoms. The van der Waals surface area contributed by atoms with E-state index in [1.165, 1.54) is 25.0 Å². The molecule has 0 saturated heterocycles. The molecule has 3 nitrogen and oxygen atoms in total. The van der Waals surface area contributed by atoms with Gasteiger partial charge in [-0.3, -0.25) is 4.68 Å². The molecule has 0 amide bonds. The fourth-order valence-corrected chi connectivity index (χ4v) is 2.10. The van der Waals surface area contributed by atoms with Crippen LogP contribution in [0.25, 0.3) is 11.1 Å². The Morgan fingerprint density at radius 3 is 2.74 bits per heavy atom. The Hall–Kier alpha value is -1.75. The molecule has 1 aliphatic carbocycles. The van der Waals surface area contributed by atoms with E-state index < -0.39 is 18.2 Å². The van der Waals surface area contributed by atoms with Crippen molar-refractivity contribution in [3.05, 3.63) is 41.7 Å². The predicted molar refractivity (Wildman–Crippen MR) is 66.2 cm³/mol. The molecule has 0 bridgehead atoms. The number of benzene rings is 1. The number of aliphatic hydroxyl groups is 1. The zero-order valence-corrected chi connectivity index (χ0v) is 10.3. The van der Waals surface area contributed by atoms with E-state index in [0.717, 1.165) is 6.54 Å². The molecule has 3 rings (SSSR count). The van der Waals surface area contributed by atoms with Crippen LogP contribution in [0.5, 0.6) is 0 Å². The normalized spacial score (nSPS) is 14.9. The second-order valence-corrected chi connectivity index (χ2v) is 4.95. The van der Waals surface area contributed by atoms with Gasteiger partial charge in [-0.1, -0.05) is 12.1 Å². The lowest BCUT2D eigenvalue weighted by molar-refractivity contribution is 0.273. The van der Waals surface area contributed by atoms with E-state index in [0.29, 0.717) is 11.5 Å². The quantitative estimate of drug-likeness (QED) is 0.922. The van der Waals surface area contributed by atoms with Crippen LogP contribution in [0.1, 0.15) is 18.4 Å². The van der Waals surface area contributed by atoms with Crippen molar-refractivity contribution in [2.24, 2.45) is 5.92 Å². The molecule has 1 saturated carbocycles. The van der Waals surface area contributed by atoms with Gasteiger partial charge in [0, 0.05) is 29.4 Å². The first kappa shape index (κ1) is 12.3. The Kier molecular flexibility index (Phi) is 3.06. The highest BCUT2D eigenvalue weighted by Crippen LogP contribution is 2.31. The standard InChI is InChI=1S/C14H14F2N2O/c15-13-10(8-19)3-4-12(14(13)16)11-5-17-18(7-11)6-9-1-2-9/h3-5,7,9,19H,1-2,6,8H2. The molecule has 0 aliphatic heterocycles. The van der Waals surface area contributed by atoms with Gasteiger partial charge >= 0.3 is 0 Å². The number of aromatic nitrogens is 2. The monoisotopic (exact) mass is 264 g/mol. The molecule has 1 aromatic carbocycles. The van der Waals surface area contributed by atoms with Crippen molar-refractivity contribution >= 4 is 0 Å². The third-order valence-corrected chi connectivity index (χ3v) is 3.42. The van der Waals surface area contributed by atoms with Crippen molar-refractivity contribution in [3.63, 3.8) is 0 Å². The summed E-state index contributed by atoms with van der Waals surface area (Å²) in [5.74, 6) is -1.25. The zero-order chi connectivity index (χ0) is 13.4. The van der Waals surface area contributed by atoms with Crippen LogP contribution in [0.3, 0.4) is 0 Å². The number of aliphatic hydroxyl groups excluding tert-OH is 1. The van der Waals surface area contributed by atoms with Crippen LogP contribution in [0.4, 0.5) is 8.78 Å². The van der Waals surface area contributed by atoms with Crippen molar-refractivity contribution < 1.29 is 13.9 Å². The van der Waals surface area contributed by atoms with Crippen LogP contribution in [0.2, 0.25) is 0 Å². The van der Waals surface area contributed by atoms with E-state index in [2.05, 4.69) is 5.10 Å². The van der Waals surface area contributed by atoms with Gasteiger partial charge in [0.1, 0.15) is 0 Å². The topological polar surface area (TPSA) is 38.1 Å². The first-order chi connectivity index (χ1) is 9.19. The van der Waals surface area contributed by atoms with Gasteiger partial charge in [-0.15, -0.1) is 0 Å². The number of hydrogen-bond acceptors (Lipinski definition) is 2. The molecule has 1 aromatic heterocycles. The van der Waals surface area contributed by atoms with Crippen molar-refractivity contribution in [2.75, 3.05) is 0 Å². The van der Waals surface area contributed by atoms with Crippen LogP contribution < -0.4 is 0 Å². The van der Waals surface area contributed by atoms with Crippen LogP contribution in [-0.2, 0) is 13.2 Å². The third kappa shape index (κ3) is 2.38. The summed E-state index contributed by atoms with van der Waals surface area (Å²) < 4.78 is 29.3. The molecule has 1 heterocycles. The second kappa shape index (κ2) is 4.74. The van der Waals surface area contributed by atoms with E-state index in [9.17, 15) is 8.78 Å². The Balaban J connectivity index is 1.92. The summed E-state index contributed by atoms with van der Waals surface area (Å²) in [6, 6.07) is 2.87. The van der Waals surface area contributed by atoms with Crippen molar-refractivity contribution in [3.8, 4) is 11.1 Å². The summed E-state index contributed by atoms with van der Waals surface area (Å²) in [6.07, 6.45) is 5.69. The van der Waals surface area contributed by atoms with Gasteiger partial charge in [-0.05, 0) is 18.8 Å². The summed E-state index contributed by atoms with van der Waals surface area (Å²) >= 11 is 0. The van der Waals surface area contributed by atoms with E-state index in [1.807, 2.05) is 0 Å². The highest BCUT2D eigenvalue weighted by Gasteiger charge is 2.22. The first-order valence-electron chi connectivity index (χ1n) is 6.29. The van der Waals surface area contributed by atoms with Crippen molar-refractivity contribution in [1.82, 2.24) is 9.78 Å². The lowest BCUT2D eigenvalue weighted by Gasteiger charge is -2.05. The molecule has 0 radical (unpaired) electrons. The first-order valence-corrected chi connectivity index (χ1v) is 6.29.